The van der Waals surface area contributed by atoms with Gasteiger partial charge in [-0.05, 0) is 54.1 Å². The van der Waals surface area contributed by atoms with Gasteiger partial charge in [0, 0.05) is 27.5 Å². The third kappa shape index (κ3) is 4.01. The quantitative estimate of drug-likeness (QED) is 0.208. The first-order valence-corrected chi connectivity index (χ1v) is 12.3. The van der Waals surface area contributed by atoms with E-state index >= 15 is 13.2 Å². The fourth-order valence-electron chi connectivity index (χ4n) is 4.66. The lowest BCUT2D eigenvalue weighted by Gasteiger charge is -2.26. The van der Waals surface area contributed by atoms with Gasteiger partial charge in [0.25, 0.3) is 0 Å². The van der Waals surface area contributed by atoms with E-state index in [9.17, 15) is 0 Å². The Bertz CT molecular complexity index is 1700. The van der Waals surface area contributed by atoms with Crippen LogP contribution in [0.1, 0.15) is 0 Å². The number of halogens is 4. The Hall–Kier alpha value is -4.48. The first kappa shape index (κ1) is 23.9. The second-order valence-electron chi connectivity index (χ2n) is 8.68. The van der Waals surface area contributed by atoms with Crippen LogP contribution in [0.5, 0.6) is 0 Å². The van der Waals surface area contributed by atoms with Gasteiger partial charge in [-0.3, -0.25) is 0 Å². The van der Waals surface area contributed by atoms with E-state index in [4.69, 9.17) is 16.0 Å². The van der Waals surface area contributed by atoms with Crippen LogP contribution >= 0.6 is 11.6 Å². The van der Waals surface area contributed by atoms with E-state index < -0.39 is 23.1 Å². The van der Waals surface area contributed by atoms with Crippen molar-refractivity contribution in [1.82, 2.24) is 0 Å². The number of rotatable bonds is 5. The molecule has 6 rings (SSSR count). The Morgan fingerprint density at radius 1 is 0.553 bits per heavy atom. The molecule has 5 aromatic carbocycles. The number of nitrogens with zero attached hydrogens (tertiary/aromatic N) is 1. The summed E-state index contributed by atoms with van der Waals surface area (Å²) in [5.41, 5.74) is 1.35. The standard InChI is InChI=1S/C32H19ClF3NO/c33-22-18-16-21(17-19-22)31-25(20-10-4-1-5-11-20)26-27(34)28(35)30(29(36)32(26)38-31)37(23-12-6-2-7-13-23)24-14-8-3-9-15-24/h1-19H. The minimum atomic E-state index is -1.32. The third-order valence-electron chi connectivity index (χ3n) is 6.36. The SMILES string of the molecule is Fc1c(N(c2ccccc2)c2ccccc2)c(F)c2oc(-c3ccc(Cl)cc3)c(-c3ccccc3)c2c1F. The summed E-state index contributed by atoms with van der Waals surface area (Å²) in [7, 11) is 0. The molecule has 186 valence electrons. The van der Waals surface area contributed by atoms with Crippen molar-refractivity contribution in [2.75, 3.05) is 4.90 Å². The zero-order valence-electron chi connectivity index (χ0n) is 19.8. The maximum absolute atomic E-state index is 16.5. The predicted octanol–water partition coefficient (Wildman–Crippen LogP) is 10.3. The summed E-state index contributed by atoms with van der Waals surface area (Å²) >= 11 is 6.07. The molecule has 0 fully saturated rings. The van der Waals surface area contributed by atoms with Crippen molar-refractivity contribution < 1.29 is 17.6 Å². The lowest BCUT2D eigenvalue weighted by atomic mass is 9.97. The van der Waals surface area contributed by atoms with Crippen LogP contribution in [0.15, 0.2) is 120 Å². The van der Waals surface area contributed by atoms with Gasteiger partial charge in [-0.25, -0.2) is 13.2 Å². The summed E-state index contributed by atoms with van der Waals surface area (Å²) in [5.74, 6) is -3.31. The molecule has 0 saturated heterocycles. The summed E-state index contributed by atoms with van der Waals surface area (Å²) in [5, 5.41) is 0.235. The maximum Gasteiger partial charge on any atom is 0.193 e. The highest BCUT2D eigenvalue weighted by molar-refractivity contribution is 6.30. The van der Waals surface area contributed by atoms with Crippen molar-refractivity contribution >= 4 is 39.6 Å². The van der Waals surface area contributed by atoms with Crippen LogP contribution in [0.4, 0.5) is 30.2 Å². The Balaban J connectivity index is 1.70. The van der Waals surface area contributed by atoms with Crippen LogP contribution in [0, 0.1) is 17.5 Å². The Morgan fingerprint density at radius 3 is 1.63 bits per heavy atom. The molecular formula is C32H19ClF3NO. The van der Waals surface area contributed by atoms with Crippen LogP contribution in [-0.4, -0.2) is 0 Å². The van der Waals surface area contributed by atoms with Gasteiger partial charge in [-0.1, -0.05) is 78.3 Å². The van der Waals surface area contributed by atoms with Gasteiger partial charge in [0.05, 0.1) is 5.39 Å². The minimum Gasteiger partial charge on any atom is -0.452 e. The summed E-state index contributed by atoms with van der Waals surface area (Å²) in [6, 6.07) is 32.9. The van der Waals surface area contributed by atoms with Crippen molar-refractivity contribution in [1.29, 1.82) is 0 Å². The topological polar surface area (TPSA) is 16.4 Å². The van der Waals surface area contributed by atoms with Crippen LogP contribution < -0.4 is 4.90 Å². The molecule has 1 heterocycles. The van der Waals surface area contributed by atoms with Gasteiger partial charge in [0.15, 0.2) is 23.0 Å². The number of hydrogen-bond acceptors (Lipinski definition) is 2. The smallest absolute Gasteiger partial charge is 0.193 e. The molecule has 0 unspecified atom stereocenters. The second-order valence-corrected chi connectivity index (χ2v) is 9.12. The van der Waals surface area contributed by atoms with Crippen LogP contribution in [0.2, 0.25) is 5.02 Å². The molecule has 0 N–H and O–H groups in total. The Morgan fingerprint density at radius 2 is 1.08 bits per heavy atom. The van der Waals surface area contributed by atoms with E-state index in [0.29, 0.717) is 27.5 Å². The van der Waals surface area contributed by atoms with E-state index in [-0.39, 0.29) is 22.3 Å². The van der Waals surface area contributed by atoms with E-state index in [1.165, 1.54) is 4.90 Å². The minimum absolute atomic E-state index is 0.211. The summed E-state index contributed by atoms with van der Waals surface area (Å²) < 4.78 is 54.7. The summed E-state index contributed by atoms with van der Waals surface area (Å²) in [4.78, 5) is 1.35. The second kappa shape index (κ2) is 9.77. The average Bonchev–Trinajstić information content (AvgIpc) is 3.37. The zero-order chi connectivity index (χ0) is 26.2. The summed E-state index contributed by atoms with van der Waals surface area (Å²) in [6.07, 6.45) is 0. The fourth-order valence-corrected chi connectivity index (χ4v) is 4.78. The number of para-hydroxylation sites is 2. The lowest BCUT2D eigenvalue weighted by Crippen LogP contribution is -2.14. The number of fused-ring (bicyclic) bond motifs is 1. The Labute approximate surface area is 222 Å². The van der Waals surface area contributed by atoms with Gasteiger partial charge in [0.2, 0.25) is 0 Å². The van der Waals surface area contributed by atoms with Gasteiger partial charge >= 0.3 is 0 Å². The highest BCUT2D eigenvalue weighted by Gasteiger charge is 2.32. The molecule has 1 aromatic heterocycles. The lowest BCUT2D eigenvalue weighted by molar-refractivity contribution is 0.500. The summed E-state index contributed by atoms with van der Waals surface area (Å²) in [6.45, 7) is 0. The van der Waals surface area contributed by atoms with Crippen molar-refractivity contribution in [3.8, 4) is 22.5 Å². The number of benzene rings is 5. The average molecular weight is 526 g/mol. The highest BCUT2D eigenvalue weighted by atomic mass is 35.5. The molecule has 0 spiro atoms. The first-order chi connectivity index (χ1) is 18.5. The molecule has 6 heteroatoms. The van der Waals surface area contributed by atoms with E-state index in [1.807, 2.05) is 0 Å². The van der Waals surface area contributed by atoms with E-state index in [2.05, 4.69) is 0 Å². The number of furan rings is 1. The molecule has 0 saturated carbocycles. The van der Waals surface area contributed by atoms with Crippen molar-refractivity contribution in [3.05, 3.63) is 138 Å². The normalized spacial score (nSPS) is 11.2. The molecule has 0 atom stereocenters. The Kier molecular flexibility index (Phi) is 6.14. The largest absolute Gasteiger partial charge is 0.452 e. The molecule has 0 aliphatic carbocycles. The van der Waals surface area contributed by atoms with Crippen molar-refractivity contribution in [2.45, 2.75) is 0 Å². The molecule has 0 amide bonds. The van der Waals surface area contributed by atoms with E-state index in [0.717, 1.165) is 0 Å². The van der Waals surface area contributed by atoms with Crippen LogP contribution in [-0.2, 0) is 0 Å². The molecule has 2 nitrogen and oxygen atoms in total. The predicted molar refractivity (Wildman–Crippen MR) is 147 cm³/mol. The van der Waals surface area contributed by atoms with Crippen molar-refractivity contribution in [2.24, 2.45) is 0 Å². The zero-order valence-corrected chi connectivity index (χ0v) is 20.6. The molecule has 0 aliphatic rings. The van der Waals surface area contributed by atoms with Crippen LogP contribution in [0.3, 0.4) is 0 Å². The number of anilines is 3. The molecule has 0 bridgehead atoms. The molecule has 0 aliphatic heterocycles. The van der Waals surface area contributed by atoms with Crippen LogP contribution in [0.25, 0.3) is 33.4 Å². The number of hydrogen-bond donors (Lipinski definition) is 0. The highest BCUT2D eigenvalue weighted by Crippen LogP contribution is 2.48. The molecule has 0 radical (unpaired) electrons. The monoisotopic (exact) mass is 525 g/mol. The molecular weight excluding hydrogens is 507 g/mol. The van der Waals surface area contributed by atoms with E-state index in [1.54, 1.807) is 115 Å². The van der Waals surface area contributed by atoms with Gasteiger partial charge in [-0.15, -0.1) is 0 Å². The molecule has 38 heavy (non-hydrogen) atoms. The van der Waals surface area contributed by atoms with Gasteiger partial charge < -0.3 is 9.32 Å². The first-order valence-electron chi connectivity index (χ1n) is 11.9. The maximum atomic E-state index is 16.5. The van der Waals surface area contributed by atoms with Gasteiger partial charge in [-0.2, -0.15) is 0 Å². The van der Waals surface area contributed by atoms with Gasteiger partial charge in [0.1, 0.15) is 11.4 Å². The third-order valence-corrected chi connectivity index (χ3v) is 6.61. The fraction of sp³-hybridized carbons (Fsp3) is 0. The van der Waals surface area contributed by atoms with Crippen molar-refractivity contribution in [3.63, 3.8) is 0 Å². The molecule has 6 aromatic rings.